The number of benzene rings is 1. The monoisotopic (exact) mass is 255 g/mol. The number of hydrogen-bond acceptors (Lipinski definition) is 3. The summed E-state index contributed by atoms with van der Waals surface area (Å²) in [6, 6.07) is 4.70. The van der Waals surface area contributed by atoms with Gasteiger partial charge in [0, 0.05) is 24.8 Å². The highest BCUT2D eigenvalue weighted by Gasteiger charge is 2.18. The molecule has 18 heavy (non-hydrogen) atoms. The molecule has 0 spiro atoms. The molecule has 0 bridgehead atoms. The van der Waals surface area contributed by atoms with Crippen LogP contribution in [0.1, 0.15) is 32.4 Å². The van der Waals surface area contributed by atoms with Crippen molar-refractivity contribution in [2.75, 3.05) is 14.2 Å². The van der Waals surface area contributed by atoms with Crippen molar-refractivity contribution in [3.63, 3.8) is 0 Å². The Balaban J connectivity index is 2.83. The van der Waals surface area contributed by atoms with E-state index in [1.165, 1.54) is 12.1 Å². The summed E-state index contributed by atoms with van der Waals surface area (Å²) in [4.78, 5) is 0. The summed E-state index contributed by atoms with van der Waals surface area (Å²) in [6.07, 6.45) is 0.0898. The average Bonchev–Trinajstić information content (AvgIpc) is 2.37. The third kappa shape index (κ3) is 3.68. The summed E-state index contributed by atoms with van der Waals surface area (Å²) >= 11 is 0. The van der Waals surface area contributed by atoms with Gasteiger partial charge in [0.05, 0.1) is 13.2 Å². The Morgan fingerprint density at radius 1 is 1.17 bits per heavy atom. The second-order valence-corrected chi connectivity index (χ2v) is 4.50. The van der Waals surface area contributed by atoms with Crippen LogP contribution in [0.3, 0.4) is 0 Å². The molecular formula is C14H22FNO2. The van der Waals surface area contributed by atoms with E-state index in [1.807, 2.05) is 20.8 Å². The molecule has 1 aromatic carbocycles. The minimum Gasteiger partial charge on any atom is -0.496 e. The van der Waals surface area contributed by atoms with E-state index in [0.29, 0.717) is 5.75 Å². The molecule has 102 valence electrons. The Hall–Kier alpha value is -1.13. The molecule has 0 heterocycles. The summed E-state index contributed by atoms with van der Waals surface area (Å²) in [7, 11) is 3.26. The first-order chi connectivity index (χ1) is 8.49. The van der Waals surface area contributed by atoms with Crippen molar-refractivity contribution in [1.82, 2.24) is 5.32 Å². The van der Waals surface area contributed by atoms with Crippen molar-refractivity contribution < 1.29 is 13.9 Å². The number of methoxy groups -OCH3 is 2. The summed E-state index contributed by atoms with van der Waals surface area (Å²) in [5.41, 5.74) is 0.813. The molecule has 0 aliphatic heterocycles. The number of rotatable bonds is 6. The molecule has 0 amide bonds. The topological polar surface area (TPSA) is 30.5 Å². The minimum atomic E-state index is -0.258. The maximum atomic E-state index is 13.3. The summed E-state index contributed by atoms with van der Waals surface area (Å²) in [6.45, 7) is 6.01. The van der Waals surface area contributed by atoms with Gasteiger partial charge in [-0.3, -0.25) is 0 Å². The second kappa shape index (κ2) is 6.71. The van der Waals surface area contributed by atoms with Gasteiger partial charge >= 0.3 is 0 Å². The molecule has 0 fully saturated rings. The van der Waals surface area contributed by atoms with Crippen LogP contribution in [-0.4, -0.2) is 26.4 Å². The van der Waals surface area contributed by atoms with E-state index in [1.54, 1.807) is 20.3 Å². The first kappa shape index (κ1) is 14.9. The maximum absolute atomic E-state index is 13.3. The van der Waals surface area contributed by atoms with Crippen LogP contribution in [0.25, 0.3) is 0 Å². The molecule has 3 unspecified atom stereocenters. The first-order valence-corrected chi connectivity index (χ1v) is 6.11. The Kier molecular flexibility index (Phi) is 5.56. The number of nitrogens with one attached hydrogen (secondary N) is 1. The van der Waals surface area contributed by atoms with Gasteiger partial charge in [0.25, 0.3) is 0 Å². The van der Waals surface area contributed by atoms with Crippen LogP contribution < -0.4 is 10.1 Å². The first-order valence-electron chi connectivity index (χ1n) is 6.11. The Morgan fingerprint density at radius 3 is 2.39 bits per heavy atom. The van der Waals surface area contributed by atoms with Gasteiger partial charge in [-0.25, -0.2) is 4.39 Å². The summed E-state index contributed by atoms with van der Waals surface area (Å²) in [5, 5.41) is 3.38. The Bertz CT molecular complexity index is 384. The van der Waals surface area contributed by atoms with Gasteiger partial charge in [0.2, 0.25) is 0 Å². The lowest BCUT2D eigenvalue weighted by molar-refractivity contribution is 0.0850. The van der Waals surface area contributed by atoms with Crippen molar-refractivity contribution >= 4 is 0 Å². The molecular weight excluding hydrogens is 233 g/mol. The second-order valence-electron chi connectivity index (χ2n) is 4.50. The highest BCUT2D eigenvalue weighted by atomic mass is 19.1. The molecule has 4 heteroatoms. The molecule has 0 aromatic heterocycles. The standard InChI is InChI=1S/C14H22FNO2/c1-9(11(3)17-4)16-10(2)13-8-12(15)6-7-14(13)18-5/h6-11,16H,1-5H3. The number of ether oxygens (including phenoxy) is 2. The van der Waals surface area contributed by atoms with Gasteiger partial charge in [-0.15, -0.1) is 0 Å². The van der Waals surface area contributed by atoms with Gasteiger partial charge in [0.1, 0.15) is 11.6 Å². The van der Waals surface area contributed by atoms with Crippen LogP contribution in [0.4, 0.5) is 4.39 Å². The zero-order valence-corrected chi connectivity index (χ0v) is 11.7. The van der Waals surface area contributed by atoms with Gasteiger partial charge in [-0.05, 0) is 39.0 Å². The lowest BCUT2D eigenvalue weighted by atomic mass is 10.0. The fraction of sp³-hybridized carbons (Fsp3) is 0.571. The Morgan fingerprint density at radius 2 is 1.83 bits per heavy atom. The van der Waals surface area contributed by atoms with E-state index < -0.39 is 0 Å². The maximum Gasteiger partial charge on any atom is 0.123 e. The van der Waals surface area contributed by atoms with Crippen LogP contribution in [0, 0.1) is 5.82 Å². The van der Waals surface area contributed by atoms with E-state index in [-0.39, 0.29) is 24.0 Å². The molecule has 1 rings (SSSR count). The van der Waals surface area contributed by atoms with Crippen molar-refractivity contribution in [2.24, 2.45) is 0 Å². The highest BCUT2D eigenvalue weighted by molar-refractivity contribution is 5.36. The zero-order valence-electron chi connectivity index (χ0n) is 11.7. The predicted octanol–water partition coefficient (Wildman–Crippen LogP) is 2.91. The smallest absolute Gasteiger partial charge is 0.123 e. The SMILES string of the molecule is COc1ccc(F)cc1C(C)NC(C)C(C)OC. The van der Waals surface area contributed by atoms with E-state index in [9.17, 15) is 4.39 Å². The van der Waals surface area contributed by atoms with Crippen molar-refractivity contribution in [3.05, 3.63) is 29.6 Å². The lowest BCUT2D eigenvalue weighted by Gasteiger charge is -2.25. The third-order valence-electron chi connectivity index (χ3n) is 3.25. The van der Waals surface area contributed by atoms with Gasteiger partial charge in [-0.1, -0.05) is 0 Å². The van der Waals surface area contributed by atoms with Crippen LogP contribution in [0.5, 0.6) is 5.75 Å². The van der Waals surface area contributed by atoms with Crippen LogP contribution in [0.2, 0.25) is 0 Å². The lowest BCUT2D eigenvalue weighted by Crippen LogP contribution is -2.38. The van der Waals surface area contributed by atoms with E-state index >= 15 is 0 Å². The van der Waals surface area contributed by atoms with Crippen molar-refractivity contribution in [1.29, 1.82) is 0 Å². The van der Waals surface area contributed by atoms with Crippen molar-refractivity contribution in [2.45, 2.75) is 39.0 Å². The van der Waals surface area contributed by atoms with Crippen LogP contribution >= 0.6 is 0 Å². The van der Waals surface area contributed by atoms with Crippen LogP contribution in [-0.2, 0) is 4.74 Å². The zero-order chi connectivity index (χ0) is 13.7. The normalized spacial score (nSPS) is 16.1. The van der Waals surface area contributed by atoms with E-state index in [2.05, 4.69) is 5.32 Å². The molecule has 1 aromatic rings. The molecule has 0 aliphatic carbocycles. The average molecular weight is 255 g/mol. The fourth-order valence-corrected chi connectivity index (χ4v) is 1.87. The molecule has 0 saturated heterocycles. The molecule has 0 saturated carbocycles. The minimum absolute atomic E-state index is 0.0109. The number of halogens is 1. The van der Waals surface area contributed by atoms with E-state index in [0.717, 1.165) is 5.56 Å². The largest absolute Gasteiger partial charge is 0.496 e. The molecule has 0 aliphatic rings. The Labute approximate surface area is 108 Å². The van der Waals surface area contributed by atoms with E-state index in [4.69, 9.17) is 9.47 Å². The van der Waals surface area contributed by atoms with Gasteiger partial charge < -0.3 is 14.8 Å². The highest BCUT2D eigenvalue weighted by Crippen LogP contribution is 2.26. The summed E-state index contributed by atoms with van der Waals surface area (Å²) in [5.74, 6) is 0.431. The van der Waals surface area contributed by atoms with Gasteiger partial charge in [-0.2, -0.15) is 0 Å². The third-order valence-corrected chi connectivity index (χ3v) is 3.25. The van der Waals surface area contributed by atoms with Crippen LogP contribution in [0.15, 0.2) is 18.2 Å². The molecule has 3 nitrogen and oxygen atoms in total. The molecule has 3 atom stereocenters. The van der Waals surface area contributed by atoms with Gasteiger partial charge in [0.15, 0.2) is 0 Å². The fourth-order valence-electron chi connectivity index (χ4n) is 1.87. The summed E-state index contributed by atoms with van der Waals surface area (Å²) < 4.78 is 23.8. The predicted molar refractivity (Wildman–Crippen MR) is 70.4 cm³/mol. The molecule has 0 radical (unpaired) electrons. The molecule has 1 N–H and O–H groups in total. The van der Waals surface area contributed by atoms with Crippen molar-refractivity contribution in [3.8, 4) is 5.75 Å². The quantitative estimate of drug-likeness (QED) is 0.848. The number of hydrogen-bond donors (Lipinski definition) is 1.